The van der Waals surface area contributed by atoms with Gasteiger partial charge in [0.05, 0.1) is 11.1 Å². The fraction of sp³-hybridized carbons (Fsp3) is 0.0625. The van der Waals surface area contributed by atoms with Crippen LogP contribution >= 0.6 is 0 Å². The quantitative estimate of drug-likeness (QED) is 0.251. The molecule has 3 aromatic carbocycles. The van der Waals surface area contributed by atoms with Crippen LogP contribution in [0.3, 0.4) is 0 Å². The Bertz CT molecular complexity index is 1380. The van der Waals surface area contributed by atoms with Crippen LogP contribution in [0, 0.1) is 0 Å². The Hall–Kier alpha value is -5.10. The summed E-state index contributed by atoms with van der Waals surface area (Å²) in [4.78, 5) is 52.1. The molecular weight excluding hydrogens is 476 g/mol. The van der Waals surface area contributed by atoms with Crippen LogP contribution in [0.15, 0.2) is 97.1 Å². The molecule has 3 aromatic rings. The lowest BCUT2D eigenvalue weighted by molar-refractivity contribution is 0.0978. The van der Waals surface area contributed by atoms with Crippen molar-refractivity contribution < 1.29 is 19.2 Å². The number of allylic oxidation sites excluding steroid dienone is 4. The van der Waals surface area contributed by atoms with Crippen LogP contribution in [-0.2, 0) is 0 Å². The van der Waals surface area contributed by atoms with Gasteiger partial charge < -0.3 is 10.6 Å². The average Bonchev–Trinajstić information content (AvgIpc) is 3.32. The first-order valence-corrected chi connectivity index (χ1v) is 11.9. The first kappa shape index (κ1) is 26.0. The second kappa shape index (κ2) is 10.9. The van der Waals surface area contributed by atoms with Gasteiger partial charge in [0, 0.05) is 47.7 Å². The highest BCUT2D eigenvalue weighted by atomic mass is 16.2. The number of anilines is 2. The molecule has 0 amide bonds. The summed E-state index contributed by atoms with van der Waals surface area (Å²) in [5.41, 5.74) is 3.90. The van der Waals surface area contributed by atoms with E-state index in [1.54, 1.807) is 62.7 Å². The fourth-order valence-electron chi connectivity index (χ4n) is 4.23. The molecule has 0 heterocycles. The molecule has 2 aliphatic rings. The lowest BCUT2D eigenvalue weighted by atomic mass is 10.0. The first-order valence-electron chi connectivity index (χ1n) is 11.9. The van der Waals surface area contributed by atoms with E-state index in [0.29, 0.717) is 11.1 Å². The Morgan fingerprint density at radius 1 is 0.526 bits per heavy atom. The van der Waals surface area contributed by atoms with E-state index >= 15 is 0 Å². The molecule has 5 rings (SSSR count). The lowest BCUT2D eigenvalue weighted by Gasteiger charge is -2.00. The molecule has 6 nitrogen and oxygen atoms in total. The Kier molecular flexibility index (Phi) is 7.44. The SMILES string of the molecule is C=CC=C.CNc1ccc(C=C2C(=O)c3cc4c(cc3C2=O)C(=O)C(=Cc2ccc(NC)cc2)C4=O)cc1. The lowest BCUT2D eigenvalue weighted by Crippen LogP contribution is -2.02. The maximum atomic E-state index is 13.0. The summed E-state index contributed by atoms with van der Waals surface area (Å²) in [6, 6.07) is 17.4. The molecule has 0 aliphatic heterocycles. The van der Waals surface area contributed by atoms with Crippen molar-refractivity contribution >= 4 is 46.7 Å². The number of rotatable bonds is 5. The van der Waals surface area contributed by atoms with Gasteiger partial charge in [0.25, 0.3) is 0 Å². The molecule has 188 valence electrons. The summed E-state index contributed by atoms with van der Waals surface area (Å²) in [5.74, 6) is -1.77. The molecule has 38 heavy (non-hydrogen) atoms. The minimum Gasteiger partial charge on any atom is -0.388 e. The van der Waals surface area contributed by atoms with Crippen molar-refractivity contribution in [3.63, 3.8) is 0 Å². The second-order valence-corrected chi connectivity index (χ2v) is 8.59. The Labute approximate surface area is 221 Å². The van der Waals surface area contributed by atoms with E-state index in [1.165, 1.54) is 12.1 Å². The molecule has 0 radical (unpaired) electrons. The van der Waals surface area contributed by atoms with Gasteiger partial charge in [-0.15, -0.1) is 0 Å². The number of ketones is 4. The molecular formula is C32H26N2O4. The van der Waals surface area contributed by atoms with E-state index in [0.717, 1.165) is 11.4 Å². The summed E-state index contributed by atoms with van der Waals surface area (Å²) >= 11 is 0. The molecule has 6 heteroatoms. The zero-order chi connectivity index (χ0) is 27.4. The summed E-state index contributed by atoms with van der Waals surface area (Å²) in [6.07, 6.45) is 6.36. The maximum Gasteiger partial charge on any atom is 0.197 e. The molecule has 0 aromatic heterocycles. The van der Waals surface area contributed by atoms with E-state index in [9.17, 15) is 19.2 Å². The van der Waals surface area contributed by atoms with E-state index in [2.05, 4.69) is 23.8 Å². The van der Waals surface area contributed by atoms with E-state index in [-0.39, 0.29) is 33.4 Å². The first-order chi connectivity index (χ1) is 18.3. The number of fused-ring (bicyclic) bond motifs is 2. The number of carbonyl (C=O) groups is 4. The monoisotopic (exact) mass is 502 g/mol. The number of Topliss-reactive ketones (excluding diaryl/α,β-unsaturated/α-hetero) is 4. The van der Waals surface area contributed by atoms with Crippen LogP contribution in [0.2, 0.25) is 0 Å². The molecule has 0 saturated heterocycles. The van der Waals surface area contributed by atoms with Gasteiger partial charge >= 0.3 is 0 Å². The van der Waals surface area contributed by atoms with Gasteiger partial charge in [0.1, 0.15) is 0 Å². The van der Waals surface area contributed by atoms with E-state index < -0.39 is 23.1 Å². The maximum absolute atomic E-state index is 13.0. The molecule has 2 aliphatic carbocycles. The van der Waals surface area contributed by atoms with Crippen LogP contribution in [0.5, 0.6) is 0 Å². The zero-order valence-corrected chi connectivity index (χ0v) is 21.1. The number of carbonyl (C=O) groups excluding carboxylic acids is 4. The molecule has 0 fully saturated rings. The normalized spacial score (nSPS) is 13.3. The van der Waals surface area contributed by atoms with Gasteiger partial charge in [0.2, 0.25) is 0 Å². The molecule has 0 bridgehead atoms. The minimum absolute atomic E-state index is 0.0242. The van der Waals surface area contributed by atoms with Gasteiger partial charge in [-0.25, -0.2) is 0 Å². The van der Waals surface area contributed by atoms with Gasteiger partial charge in [-0.1, -0.05) is 49.6 Å². The highest BCUT2D eigenvalue weighted by molar-refractivity contribution is 6.45. The predicted molar refractivity (Wildman–Crippen MR) is 152 cm³/mol. The number of hydrogen-bond donors (Lipinski definition) is 2. The Morgan fingerprint density at radius 2 is 0.816 bits per heavy atom. The van der Waals surface area contributed by atoms with Crippen molar-refractivity contribution in [3.8, 4) is 0 Å². The van der Waals surface area contributed by atoms with Crippen LogP contribution < -0.4 is 10.6 Å². The van der Waals surface area contributed by atoms with Crippen molar-refractivity contribution in [1.29, 1.82) is 0 Å². The minimum atomic E-state index is -0.444. The summed E-state index contributed by atoms with van der Waals surface area (Å²) < 4.78 is 0. The van der Waals surface area contributed by atoms with Gasteiger partial charge in [-0.05, 0) is 59.7 Å². The van der Waals surface area contributed by atoms with Crippen LogP contribution in [-0.4, -0.2) is 37.2 Å². The smallest absolute Gasteiger partial charge is 0.197 e. The van der Waals surface area contributed by atoms with Crippen molar-refractivity contribution in [1.82, 2.24) is 0 Å². The van der Waals surface area contributed by atoms with Crippen molar-refractivity contribution in [2.75, 3.05) is 24.7 Å². The summed E-state index contributed by atoms with van der Waals surface area (Å²) in [6.45, 7) is 6.72. The van der Waals surface area contributed by atoms with E-state index in [1.807, 2.05) is 24.3 Å². The molecule has 0 spiro atoms. The van der Waals surface area contributed by atoms with E-state index in [4.69, 9.17) is 0 Å². The largest absolute Gasteiger partial charge is 0.388 e. The molecule has 0 saturated carbocycles. The summed E-state index contributed by atoms with van der Waals surface area (Å²) in [7, 11) is 3.60. The highest BCUT2D eigenvalue weighted by Crippen LogP contribution is 2.36. The third kappa shape index (κ3) is 4.80. The zero-order valence-electron chi connectivity index (χ0n) is 21.1. The number of hydrogen-bond acceptors (Lipinski definition) is 6. The van der Waals surface area contributed by atoms with Gasteiger partial charge in [-0.2, -0.15) is 0 Å². The van der Waals surface area contributed by atoms with Crippen molar-refractivity contribution in [2.24, 2.45) is 0 Å². The average molecular weight is 503 g/mol. The Balaban J connectivity index is 0.000000786. The molecule has 0 atom stereocenters. The highest BCUT2D eigenvalue weighted by Gasteiger charge is 2.40. The van der Waals surface area contributed by atoms with Crippen LogP contribution in [0.1, 0.15) is 52.6 Å². The second-order valence-electron chi connectivity index (χ2n) is 8.59. The molecule has 0 unspecified atom stereocenters. The van der Waals surface area contributed by atoms with Gasteiger partial charge in [-0.3, -0.25) is 19.2 Å². The number of nitrogens with one attached hydrogen (secondary N) is 2. The number of benzene rings is 3. The fourth-order valence-corrected chi connectivity index (χ4v) is 4.23. The van der Waals surface area contributed by atoms with Crippen LogP contribution in [0.25, 0.3) is 12.2 Å². The predicted octanol–water partition coefficient (Wildman–Crippen LogP) is 6.05. The third-order valence-corrected chi connectivity index (χ3v) is 6.30. The Morgan fingerprint density at radius 3 is 1.05 bits per heavy atom. The van der Waals surface area contributed by atoms with Gasteiger partial charge in [0.15, 0.2) is 23.1 Å². The molecule has 2 N–H and O–H groups in total. The third-order valence-electron chi connectivity index (χ3n) is 6.30. The summed E-state index contributed by atoms with van der Waals surface area (Å²) in [5, 5.41) is 6.02. The standard InChI is InChI=1S/C28H20N2O4.C4H6/c1-29-17-7-3-15(4-8-17)11-23-25(31)19-13-21-22(14-20(19)26(23)32)28(34)24(27(21)33)12-16-5-9-18(30-2)10-6-16;1-3-4-2/h3-14,29-30H,1-2H3;3-4H,1-2H2. The van der Waals surface area contributed by atoms with Crippen molar-refractivity contribution in [3.05, 3.63) is 131 Å². The topological polar surface area (TPSA) is 92.3 Å². The van der Waals surface area contributed by atoms with Crippen molar-refractivity contribution in [2.45, 2.75) is 0 Å². The van der Waals surface area contributed by atoms with Crippen LogP contribution in [0.4, 0.5) is 11.4 Å².